The highest BCUT2D eigenvalue weighted by Gasteiger charge is 2.33. The second-order valence-electron chi connectivity index (χ2n) is 8.85. The van der Waals surface area contributed by atoms with Crippen LogP contribution >= 0.6 is 23.4 Å². The van der Waals surface area contributed by atoms with Crippen molar-refractivity contribution in [3.05, 3.63) is 93.6 Å². The molecule has 5 nitrogen and oxygen atoms in total. The summed E-state index contributed by atoms with van der Waals surface area (Å²) < 4.78 is 25.2. The average Bonchev–Trinajstić information content (AvgIpc) is 3.13. The number of carbonyl (C=O) groups excluding carboxylic acids is 1. The van der Waals surface area contributed by atoms with Crippen LogP contribution in [0.2, 0.25) is 5.02 Å². The Morgan fingerprint density at radius 2 is 1.84 bits per heavy atom. The predicted octanol–water partition coefficient (Wildman–Crippen LogP) is 7.72. The van der Waals surface area contributed by atoms with Crippen LogP contribution in [0.15, 0.2) is 76.6 Å². The second kappa shape index (κ2) is 12.3. The lowest BCUT2D eigenvalue weighted by Gasteiger charge is -2.17. The van der Waals surface area contributed by atoms with Gasteiger partial charge in [0.05, 0.1) is 17.2 Å². The zero-order chi connectivity index (χ0) is 26.4. The number of aliphatic imine (C=N–C) groups is 1. The van der Waals surface area contributed by atoms with E-state index in [9.17, 15) is 9.18 Å². The number of ether oxygens (including phenoxy) is 2. The number of carbonyl (C=O) groups is 1. The van der Waals surface area contributed by atoms with Gasteiger partial charge in [0, 0.05) is 11.6 Å². The molecule has 4 rings (SSSR count). The molecule has 0 saturated carbocycles. The summed E-state index contributed by atoms with van der Waals surface area (Å²) >= 11 is 7.35. The van der Waals surface area contributed by atoms with Crippen molar-refractivity contribution in [3.63, 3.8) is 0 Å². The third-order valence-corrected chi connectivity index (χ3v) is 6.59. The van der Waals surface area contributed by atoms with Crippen LogP contribution in [0.4, 0.5) is 10.1 Å². The fourth-order valence-corrected chi connectivity index (χ4v) is 4.82. The maximum absolute atomic E-state index is 13.5. The molecule has 3 aromatic rings. The second-order valence-corrected chi connectivity index (χ2v) is 10.3. The fourth-order valence-electron chi connectivity index (χ4n) is 3.68. The SMILES string of the molecule is CCOc1cc(/C=C2\SC(=Nc3ccc(Cl)cc3)N(CC(C)C)C2=O)ccc1OCc1cccc(F)c1. The molecule has 0 radical (unpaired) electrons. The molecule has 1 fully saturated rings. The molecule has 192 valence electrons. The zero-order valence-corrected chi connectivity index (χ0v) is 22.5. The van der Waals surface area contributed by atoms with Gasteiger partial charge >= 0.3 is 0 Å². The lowest BCUT2D eigenvalue weighted by Crippen LogP contribution is -2.32. The van der Waals surface area contributed by atoms with Crippen LogP contribution in [0.25, 0.3) is 6.08 Å². The molecule has 1 heterocycles. The zero-order valence-electron chi connectivity index (χ0n) is 20.9. The number of benzene rings is 3. The number of rotatable bonds is 9. The van der Waals surface area contributed by atoms with Crippen LogP contribution in [0.3, 0.4) is 0 Å². The van der Waals surface area contributed by atoms with Gasteiger partial charge in [-0.3, -0.25) is 9.69 Å². The van der Waals surface area contributed by atoms with Crippen molar-refractivity contribution in [1.29, 1.82) is 0 Å². The van der Waals surface area contributed by atoms with Crippen LogP contribution < -0.4 is 9.47 Å². The lowest BCUT2D eigenvalue weighted by molar-refractivity contribution is -0.122. The Balaban J connectivity index is 1.59. The minimum atomic E-state index is -0.308. The molecule has 1 aliphatic heterocycles. The Labute approximate surface area is 226 Å². The van der Waals surface area contributed by atoms with E-state index in [1.807, 2.05) is 37.3 Å². The van der Waals surface area contributed by atoms with Crippen molar-refractivity contribution >= 4 is 46.2 Å². The summed E-state index contributed by atoms with van der Waals surface area (Å²) in [4.78, 5) is 20.3. The van der Waals surface area contributed by atoms with Crippen LogP contribution in [0, 0.1) is 11.7 Å². The van der Waals surface area contributed by atoms with E-state index in [0.29, 0.717) is 39.7 Å². The first-order valence-electron chi connectivity index (χ1n) is 12.0. The summed E-state index contributed by atoms with van der Waals surface area (Å²) in [7, 11) is 0. The van der Waals surface area contributed by atoms with Crippen molar-refractivity contribution < 1.29 is 18.7 Å². The molecule has 1 amide bonds. The topological polar surface area (TPSA) is 51.1 Å². The van der Waals surface area contributed by atoms with Gasteiger partial charge < -0.3 is 9.47 Å². The van der Waals surface area contributed by atoms with Crippen molar-refractivity contribution in [2.24, 2.45) is 10.9 Å². The van der Waals surface area contributed by atoms with Crippen molar-refractivity contribution in [1.82, 2.24) is 4.90 Å². The van der Waals surface area contributed by atoms with Gasteiger partial charge in [0.25, 0.3) is 5.91 Å². The molecule has 37 heavy (non-hydrogen) atoms. The smallest absolute Gasteiger partial charge is 0.266 e. The van der Waals surface area contributed by atoms with Crippen LogP contribution in [0.5, 0.6) is 11.5 Å². The number of amidine groups is 1. The predicted molar refractivity (Wildman–Crippen MR) is 149 cm³/mol. The molecule has 0 unspecified atom stereocenters. The minimum absolute atomic E-state index is 0.0872. The first-order valence-corrected chi connectivity index (χ1v) is 13.2. The maximum Gasteiger partial charge on any atom is 0.266 e. The third-order valence-electron chi connectivity index (χ3n) is 5.34. The van der Waals surface area contributed by atoms with Gasteiger partial charge in [0.15, 0.2) is 16.7 Å². The highest BCUT2D eigenvalue weighted by Crippen LogP contribution is 2.36. The van der Waals surface area contributed by atoms with Gasteiger partial charge in [-0.25, -0.2) is 9.38 Å². The van der Waals surface area contributed by atoms with E-state index in [4.69, 9.17) is 26.1 Å². The summed E-state index contributed by atoms with van der Waals surface area (Å²) in [6, 6.07) is 19.0. The Hall–Kier alpha value is -3.29. The standard InChI is InChI=1S/C29H28ClFN2O3S/c1-4-35-26-15-20(8-13-25(26)36-18-21-6-5-7-23(31)14-21)16-27-28(34)33(17-19(2)3)29(37-27)32-24-11-9-22(30)10-12-24/h5-16,19H,4,17-18H2,1-3H3/b27-16-,32-29?. The fraction of sp³-hybridized carbons (Fsp3) is 0.241. The van der Waals surface area contributed by atoms with Crippen molar-refractivity contribution in [2.75, 3.05) is 13.2 Å². The van der Waals surface area contributed by atoms with Gasteiger partial charge in [-0.2, -0.15) is 0 Å². The van der Waals surface area contributed by atoms with Gasteiger partial charge in [-0.1, -0.05) is 43.6 Å². The number of hydrogen-bond acceptors (Lipinski definition) is 5. The molecule has 1 aliphatic rings. The molecule has 0 N–H and O–H groups in total. The van der Waals surface area contributed by atoms with Crippen molar-refractivity contribution in [3.8, 4) is 11.5 Å². The van der Waals surface area contributed by atoms with E-state index in [-0.39, 0.29) is 24.2 Å². The van der Waals surface area contributed by atoms with Crippen molar-refractivity contribution in [2.45, 2.75) is 27.4 Å². The highest BCUT2D eigenvalue weighted by atomic mass is 35.5. The molecule has 0 bridgehead atoms. The van der Waals surface area contributed by atoms with Crippen LogP contribution in [-0.2, 0) is 11.4 Å². The molecule has 8 heteroatoms. The molecule has 0 aliphatic carbocycles. The van der Waals surface area contributed by atoms with E-state index in [1.54, 1.807) is 35.2 Å². The highest BCUT2D eigenvalue weighted by molar-refractivity contribution is 8.18. The summed E-state index contributed by atoms with van der Waals surface area (Å²) in [5.74, 6) is 0.981. The first kappa shape index (κ1) is 26.8. The number of hydrogen-bond donors (Lipinski definition) is 0. The third kappa shape index (κ3) is 7.14. The van der Waals surface area contributed by atoms with E-state index < -0.39 is 0 Å². The summed E-state index contributed by atoms with van der Waals surface area (Å²) in [5.41, 5.74) is 2.25. The molecule has 1 saturated heterocycles. The minimum Gasteiger partial charge on any atom is -0.490 e. The number of amides is 1. The van der Waals surface area contributed by atoms with E-state index in [2.05, 4.69) is 13.8 Å². The quantitative estimate of drug-likeness (QED) is 0.262. The normalized spacial score (nSPS) is 15.7. The monoisotopic (exact) mass is 538 g/mol. The van der Waals surface area contributed by atoms with Gasteiger partial charge in [-0.15, -0.1) is 0 Å². The van der Waals surface area contributed by atoms with Crippen LogP contribution in [-0.4, -0.2) is 29.1 Å². The van der Waals surface area contributed by atoms with E-state index in [1.165, 1.54) is 23.9 Å². The first-order chi connectivity index (χ1) is 17.8. The van der Waals surface area contributed by atoms with Crippen LogP contribution in [0.1, 0.15) is 31.9 Å². The summed E-state index contributed by atoms with van der Waals surface area (Å²) in [5, 5.41) is 1.26. The molecule has 0 spiro atoms. The van der Waals surface area contributed by atoms with Gasteiger partial charge in [0.1, 0.15) is 12.4 Å². The summed E-state index contributed by atoms with van der Waals surface area (Å²) in [6.07, 6.45) is 1.84. The van der Waals surface area contributed by atoms with E-state index >= 15 is 0 Å². The molecule has 0 aromatic heterocycles. The number of nitrogens with zero attached hydrogens (tertiary/aromatic N) is 2. The molecule has 0 atom stereocenters. The Morgan fingerprint density at radius 3 is 2.54 bits per heavy atom. The molecular weight excluding hydrogens is 511 g/mol. The Kier molecular flexibility index (Phi) is 8.90. The number of thioether (sulfide) groups is 1. The molecular formula is C29H28ClFN2O3S. The lowest BCUT2D eigenvalue weighted by atomic mass is 10.1. The van der Waals surface area contributed by atoms with Gasteiger partial charge in [-0.05, 0) is 90.3 Å². The number of halogens is 2. The van der Waals surface area contributed by atoms with E-state index in [0.717, 1.165) is 16.8 Å². The largest absolute Gasteiger partial charge is 0.490 e. The van der Waals surface area contributed by atoms with Gasteiger partial charge in [0.2, 0.25) is 0 Å². The summed E-state index contributed by atoms with van der Waals surface area (Å²) in [6.45, 7) is 7.24. The Bertz CT molecular complexity index is 1320. The molecule has 3 aromatic carbocycles. The maximum atomic E-state index is 13.5. The average molecular weight is 539 g/mol. The Morgan fingerprint density at radius 1 is 1.05 bits per heavy atom.